The molecule has 0 aromatic heterocycles. The minimum atomic E-state index is -3.73. The number of rotatable bonds is 7. The Labute approximate surface area is 177 Å². The van der Waals surface area contributed by atoms with Gasteiger partial charge in [-0.05, 0) is 53.9 Å². The quantitative estimate of drug-likeness (QED) is 0.626. The van der Waals surface area contributed by atoms with Gasteiger partial charge in [-0.1, -0.05) is 42.5 Å². The number of benzene rings is 3. The molecule has 0 aliphatic carbocycles. The number of amides is 1. The summed E-state index contributed by atoms with van der Waals surface area (Å²) >= 11 is 0. The molecule has 0 unspecified atom stereocenters. The van der Waals surface area contributed by atoms with Crippen LogP contribution in [0.15, 0.2) is 60.7 Å². The van der Waals surface area contributed by atoms with E-state index in [-0.39, 0.29) is 0 Å². The number of fused-ring (bicyclic) bond motifs is 1. The SMILES string of the molecule is COc1ccc(C)cc1N([C@@H](C)C(=O)NCc1ccc2ccccc2c1)S(C)(=O)=O. The second-order valence-corrected chi connectivity index (χ2v) is 9.17. The average molecular weight is 427 g/mol. The fourth-order valence-electron chi connectivity index (χ4n) is 3.44. The van der Waals surface area contributed by atoms with Gasteiger partial charge >= 0.3 is 0 Å². The van der Waals surface area contributed by atoms with Gasteiger partial charge in [0.2, 0.25) is 15.9 Å². The number of anilines is 1. The van der Waals surface area contributed by atoms with Gasteiger partial charge in [-0.15, -0.1) is 0 Å². The number of hydrogen-bond acceptors (Lipinski definition) is 4. The Hall–Kier alpha value is -3.06. The van der Waals surface area contributed by atoms with Crippen LogP contribution in [0.5, 0.6) is 5.75 Å². The molecule has 1 atom stereocenters. The second-order valence-electron chi connectivity index (χ2n) is 7.31. The molecule has 0 saturated heterocycles. The van der Waals surface area contributed by atoms with Crippen molar-refractivity contribution in [2.24, 2.45) is 0 Å². The first-order valence-corrected chi connectivity index (χ1v) is 11.4. The minimum Gasteiger partial charge on any atom is -0.495 e. The van der Waals surface area contributed by atoms with Crippen LogP contribution in [0, 0.1) is 6.92 Å². The summed E-state index contributed by atoms with van der Waals surface area (Å²) in [6.07, 6.45) is 1.09. The van der Waals surface area contributed by atoms with Gasteiger partial charge in [-0.25, -0.2) is 8.42 Å². The summed E-state index contributed by atoms with van der Waals surface area (Å²) in [5.74, 6) is -0.00246. The lowest BCUT2D eigenvalue weighted by Gasteiger charge is -2.29. The van der Waals surface area contributed by atoms with E-state index in [0.29, 0.717) is 18.0 Å². The van der Waals surface area contributed by atoms with Gasteiger partial charge in [0.1, 0.15) is 11.8 Å². The van der Waals surface area contributed by atoms with Crippen molar-refractivity contribution < 1.29 is 17.9 Å². The molecule has 0 radical (unpaired) electrons. The number of hydrogen-bond donors (Lipinski definition) is 1. The predicted octanol–water partition coefficient (Wildman–Crippen LogP) is 3.63. The molecule has 7 heteroatoms. The molecule has 3 aromatic rings. The molecule has 0 bridgehead atoms. The fraction of sp³-hybridized carbons (Fsp3) is 0.261. The van der Waals surface area contributed by atoms with Gasteiger partial charge < -0.3 is 10.1 Å². The first kappa shape index (κ1) is 21.6. The lowest BCUT2D eigenvalue weighted by Crippen LogP contribution is -2.47. The molecule has 30 heavy (non-hydrogen) atoms. The van der Waals surface area contributed by atoms with E-state index in [1.54, 1.807) is 19.1 Å². The molecule has 0 fully saturated rings. The number of aryl methyl sites for hydroxylation is 1. The maximum Gasteiger partial charge on any atom is 0.243 e. The van der Waals surface area contributed by atoms with Crippen LogP contribution in [-0.2, 0) is 21.4 Å². The average Bonchev–Trinajstić information content (AvgIpc) is 2.71. The smallest absolute Gasteiger partial charge is 0.243 e. The Morgan fingerprint density at radius 2 is 1.77 bits per heavy atom. The first-order chi connectivity index (χ1) is 14.2. The monoisotopic (exact) mass is 426 g/mol. The van der Waals surface area contributed by atoms with E-state index in [0.717, 1.165) is 32.5 Å². The van der Waals surface area contributed by atoms with Gasteiger partial charge in [-0.3, -0.25) is 9.10 Å². The van der Waals surface area contributed by atoms with Crippen molar-refractivity contribution in [1.82, 2.24) is 5.32 Å². The number of carbonyl (C=O) groups is 1. The highest BCUT2D eigenvalue weighted by Crippen LogP contribution is 2.32. The van der Waals surface area contributed by atoms with Crippen LogP contribution in [0.25, 0.3) is 10.8 Å². The molecule has 6 nitrogen and oxygen atoms in total. The number of nitrogens with zero attached hydrogens (tertiary/aromatic N) is 1. The third-order valence-corrected chi connectivity index (χ3v) is 6.17. The van der Waals surface area contributed by atoms with E-state index in [1.165, 1.54) is 7.11 Å². The van der Waals surface area contributed by atoms with E-state index >= 15 is 0 Å². The number of carbonyl (C=O) groups excluding carboxylic acids is 1. The maximum absolute atomic E-state index is 12.9. The van der Waals surface area contributed by atoms with Gasteiger partial charge in [0.25, 0.3) is 0 Å². The van der Waals surface area contributed by atoms with Crippen molar-refractivity contribution in [1.29, 1.82) is 0 Å². The summed E-state index contributed by atoms with van der Waals surface area (Å²) < 4.78 is 31.6. The van der Waals surface area contributed by atoms with E-state index < -0.39 is 22.0 Å². The Bertz CT molecular complexity index is 1170. The highest BCUT2D eigenvalue weighted by Gasteiger charge is 2.31. The molecule has 0 heterocycles. The number of sulfonamides is 1. The second kappa shape index (κ2) is 8.75. The highest BCUT2D eigenvalue weighted by atomic mass is 32.2. The summed E-state index contributed by atoms with van der Waals surface area (Å²) in [5, 5.41) is 5.06. The van der Waals surface area contributed by atoms with Crippen molar-refractivity contribution in [2.45, 2.75) is 26.4 Å². The Balaban J connectivity index is 1.83. The molecule has 3 aromatic carbocycles. The van der Waals surface area contributed by atoms with Crippen molar-refractivity contribution in [3.05, 3.63) is 71.8 Å². The van der Waals surface area contributed by atoms with Crippen molar-refractivity contribution in [3.63, 3.8) is 0 Å². The van der Waals surface area contributed by atoms with E-state index in [2.05, 4.69) is 5.32 Å². The molecular weight excluding hydrogens is 400 g/mol. The topological polar surface area (TPSA) is 75.7 Å². The Morgan fingerprint density at radius 3 is 2.43 bits per heavy atom. The van der Waals surface area contributed by atoms with Gasteiger partial charge in [0.05, 0.1) is 19.1 Å². The first-order valence-electron chi connectivity index (χ1n) is 9.60. The van der Waals surface area contributed by atoms with Gasteiger partial charge in [0, 0.05) is 6.54 Å². The van der Waals surface area contributed by atoms with Crippen LogP contribution in [0.1, 0.15) is 18.1 Å². The van der Waals surface area contributed by atoms with Gasteiger partial charge in [0.15, 0.2) is 0 Å². The van der Waals surface area contributed by atoms with E-state index in [1.807, 2.05) is 55.5 Å². The van der Waals surface area contributed by atoms with Crippen LogP contribution < -0.4 is 14.4 Å². The van der Waals surface area contributed by atoms with Gasteiger partial charge in [-0.2, -0.15) is 0 Å². The molecule has 0 aliphatic rings. The summed E-state index contributed by atoms with van der Waals surface area (Å²) in [6.45, 7) is 3.73. The molecule has 158 valence electrons. The van der Waals surface area contributed by atoms with Crippen molar-refractivity contribution >= 4 is 32.4 Å². The zero-order valence-electron chi connectivity index (χ0n) is 17.5. The lowest BCUT2D eigenvalue weighted by atomic mass is 10.1. The van der Waals surface area contributed by atoms with Crippen LogP contribution in [0.3, 0.4) is 0 Å². The molecule has 0 aliphatic heterocycles. The number of nitrogens with one attached hydrogen (secondary N) is 1. The molecule has 1 N–H and O–H groups in total. The number of methoxy groups -OCH3 is 1. The highest BCUT2D eigenvalue weighted by molar-refractivity contribution is 7.92. The zero-order chi connectivity index (χ0) is 21.9. The number of ether oxygens (including phenoxy) is 1. The third-order valence-electron chi connectivity index (χ3n) is 4.94. The van der Waals surface area contributed by atoms with Crippen LogP contribution >= 0.6 is 0 Å². The summed E-state index contributed by atoms with van der Waals surface area (Å²) in [6, 6.07) is 18.2. The summed E-state index contributed by atoms with van der Waals surface area (Å²) in [5.41, 5.74) is 2.14. The Kier molecular flexibility index (Phi) is 6.31. The van der Waals surface area contributed by atoms with E-state index in [9.17, 15) is 13.2 Å². The maximum atomic E-state index is 12.9. The molecule has 0 saturated carbocycles. The van der Waals surface area contributed by atoms with Crippen molar-refractivity contribution in [3.8, 4) is 5.75 Å². The van der Waals surface area contributed by atoms with E-state index in [4.69, 9.17) is 4.74 Å². The van der Waals surface area contributed by atoms with Crippen LogP contribution in [0.4, 0.5) is 5.69 Å². The van der Waals surface area contributed by atoms with Crippen LogP contribution in [0.2, 0.25) is 0 Å². The summed E-state index contributed by atoms with van der Waals surface area (Å²) in [4.78, 5) is 12.9. The van der Waals surface area contributed by atoms with Crippen molar-refractivity contribution in [2.75, 3.05) is 17.7 Å². The van der Waals surface area contributed by atoms with Crippen LogP contribution in [-0.4, -0.2) is 33.7 Å². The predicted molar refractivity (Wildman–Crippen MR) is 120 cm³/mol. The summed E-state index contributed by atoms with van der Waals surface area (Å²) in [7, 11) is -2.26. The molecular formula is C23H26N2O4S. The molecule has 3 rings (SSSR count). The minimum absolute atomic E-state index is 0.302. The zero-order valence-corrected chi connectivity index (χ0v) is 18.4. The molecule has 1 amide bonds. The fourth-order valence-corrected chi connectivity index (χ4v) is 4.61. The normalized spacial score (nSPS) is 12.4. The Morgan fingerprint density at radius 1 is 1.07 bits per heavy atom. The lowest BCUT2D eigenvalue weighted by molar-refractivity contribution is -0.122. The standard InChI is InChI=1S/C23H26N2O4S/c1-16-9-12-22(29-3)21(13-16)25(30(4,27)28)17(2)23(26)24-15-18-10-11-19-7-5-6-8-20(19)14-18/h5-14,17H,15H2,1-4H3,(H,24,26)/t17-/m0/s1. The third kappa shape index (κ3) is 4.74. The molecule has 0 spiro atoms. The largest absolute Gasteiger partial charge is 0.495 e.